The summed E-state index contributed by atoms with van der Waals surface area (Å²) >= 11 is 0. The molecule has 6 nitrogen and oxygen atoms in total. The summed E-state index contributed by atoms with van der Waals surface area (Å²) in [5.41, 5.74) is 1.95. The van der Waals surface area contributed by atoms with E-state index in [1.807, 2.05) is 17.8 Å². The maximum Gasteiger partial charge on any atom is 0.0964 e. The van der Waals surface area contributed by atoms with Gasteiger partial charge in [0.15, 0.2) is 0 Å². The highest BCUT2D eigenvalue weighted by Crippen LogP contribution is 2.35. The number of aromatic nitrogens is 2. The van der Waals surface area contributed by atoms with Gasteiger partial charge >= 0.3 is 0 Å². The van der Waals surface area contributed by atoms with Crippen molar-refractivity contribution in [2.75, 3.05) is 26.3 Å². The Labute approximate surface area is 131 Å². The molecule has 3 heterocycles. The van der Waals surface area contributed by atoms with Crippen molar-refractivity contribution in [3.05, 3.63) is 17.5 Å². The summed E-state index contributed by atoms with van der Waals surface area (Å²) in [6.45, 7) is 6.23. The fourth-order valence-electron chi connectivity index (χ4n) is 3.65. The minimum Gasteiger partial charge on any atom is -0.394 e. The predicted octanol–water partition coefficient (Wildman–Crippen LogP) is 0.690. The molecule has 1 spiro atoms. The lowest BCUT2D eigenvalue weighted by Gasteiger charge is -2.46. The third kappa shape index (κ3) is 3.20. The van der Waals surface area contributed by atoms with Crippen LogP contribution in [-0.2, 0) is 17.8 Å². The molecule has 2 aliphatic heterocycles. The Balaban J connectivity index is 1.57. The van der Waals surface area contributed by atoms with E-state index in [1.165, 1.54) is 5.56 Å². The third-order valence-electron chi connectivity index (χ3n) is 5.09. The SMILES string of the molecule is Cc1nn(CCO)cc1CN1CCC2(CC1)OCCC[C@H]2O. The largest absolute Gasteiger partial charge is 0.394 e. The highest BCUT2D eigenvalue weighted by Gasteiger charge is 2.43. The van der Waals surface area contributed by atoms with Crippen LogP contribution in [0.4, 0.5) is 0 Å². The summed E-state index contributed by atoms with van der Waals surface area (Å²) in [6.07, 6.45) is 5.36. The van der Waals surface area contributed by atoms with Crippen molar-refractivity contribution in [3.8, 4) is 0 Å². The standard InChI is InChI=1S/C16H27N3O3/c1-13-14(12-19(17-13)8-9-20)11-18-6-4-16(5-7-18)15(21)3-2-10-22-16/h12,15,20-21H,2-11H2,1H3/t15-/m1/s1. The van der Waals surface area contributed by atoms with Crippen LogP contribution in [0.1, 0.15) is 36.9 Å². The van der Waals surface area contributed by atoms with Crippen LogP contribution in [0.25, 0.3) is 0 Å². The molecule has 124 valence electrons. The summed E-state index contributed by atoms with van der Waals surface area (Å²) in [5.74, 6) is 0. The Bertz CT molecular complexity index is 495. The van der Waals surface area contributed by atoms with Crippen molar-refractivity contribution >= 4 is 0 Å². The molecule has 2 saturated heterocycles. The molecule has 1 aromatic rings. The van der Waals surface area contributed by atoms with E-state index in [0.717, 1.165) is 57.6 Å². The van der Waals surface area contributed by atoms with Crippen LogP contribution in [0.3, 0.4) is 0 Å². The number of ether oxygens (including phenoxy) is 1. The molecule has 0 bridgehead atoms. The minimum absolute atomic E-state index is 0.113. The van der Waals surface area contributed by atoms with Gasteiger partial charge in [-0.05, 0) is 32.6 Å². The second kappa shape index (κ2) is 6.66. The summed E-state index contributed by atoms with van der Waals surface area (Å²) in [7, 11) is 0. The van der Waals surface area contributed by atoms with E-state index in [-0.39, 0.29) is 18.3 Å². The molecule has 1 aromatic heterocycles. The van der Waals surface area contributed by atoms with Crippen LogP contribution in [0.15, 0.2) is 6.20 Å². The Morgan fingerprint density at radius 3 is 2.86 bits per heavy atom. The van der Waals surface area contributed by atoms with Gasteiger partial charge in [0.05, 0.1) is 30.6 Å². The van der Waals surface area contributed by atoms with Crippen LogP contribution in [0, 0.1) is 6.92 Å². The first-order chi connectivity index (χ1) is 10.6. The fraction of sp³-hybridized carbons (Fsp3) is 0.812. The molecular weight excluding hydrogens is 282 g/mol. The smallest absolute Gasteiger partial charge is 0.0964 e. The molecule has 0 amide bonds. The number of piperidine rings is 1. The third-order valence-corrected chi connectivity index (χ3v) is 5.09. The first-order valence-corrected chi connectivity index (χ1v) is 8.31. The molecule has 0 aromatic carbocycles. The second-order valence-electron chi connectivity index (χ2n) is 6.57. The Morgan fingerprint density at radius 1 is 1.41 bits per heavy atom. The zero-order valence-corrected chi connectivity index (χ0v) is 13.4. The quantitative estimate of drug-likeness (QED) is 0.856. The van der Waals surface area contributed by atoms with Gasteiger partial charge in [-0.25, -0.2) is 0 Å². The van der Waals surface area contributed by atoms with E-state index >= 15 is 0 Å². The van der Waals surface area contributed by atoms with E-state index in [4.69, 9.17) is 9.84 Å². The van der Waals surface area contributed by atoms with E-state index in [9.17, 15) is 5.11 Å². The van der Waals surface area contributed by atoms with Crippen LogP contribution in [0.2, 0.25) is 0 Å². The van der Waals surface area contributed by atoms with Gasteiger partial charge in [-0.15, -0.1) is 0 Å². The molecule has 0 saturated carbocycles. The van der Waals surface area contributed by atoms with Crippen molar-refractivity contribution in [1.82, 2.24) is 14.7 Å². The van der Waals surface area contributed by atoms with Gasteiger partial charge in [0.25, 0.3) is 0 Å². The van der Waals surface area contributed by atoms with Crippen molar-refractivity contribution in [2.45, 2.75) is 57.4 Å². The molecule has 0 unspecified atom stereocenters. The lowest BCUT2D eigenvalue weighted by molar-refractivity contribution is -0.177. The molecule has 0 radical (unpaired) electrons. The number of aliphatic hydroxyl groups excluding tert-OH is 2. The Morgan fingerprint density at radius 2 is 2.18 bits per heavy atom. The normalized spacial score (nSPS) is 25.7. The molecule has 0 aliphatic carbocycles. The summed E-state index contributed by atoms with van der Waals surface area (Å²) in [5, 5.41) is 23.7. The molecule has 6 heteroatoms. The van der Waals surface area contributed by atoms with Crippen LogP contribution < -0.4 is 0 Å². The van der Waals surface area contributed by atoms with Gasteiger partial charge in [-0.1, -0.05) is 0 Å². The molecule has 2 N–H and O–H groups in total. The molecule has 1 atom stereocenters. The summed E-state index contributed by atoms with van der Waals surface area (Å²) in [4.78, 5) is 2.41. The average molecular weight is 309 g/mol. The van der Waals surface area contributed by atoms with E-state index < -0.39 is 0 Å². The second-order valence-corrected chi connectivity index (χ2v) is 6.57. The van der Waals surface area contributed by atoms with Crippen molar-refractivity contribution in [2.24, 2.45) is 0 Å². The summed E-state index contributed by atoms with van der Waals surface area (Å²) < 4.78 is 7.77. The molecule has 2 aliphatic rings. The number of aryl methyl sites for hydroxylation is 1. The number of hydrogen-bond acceptors (Lipinski definition) is 5. The lowest BCUT2D eigenvalue weighted by Crippen LogP contribution is -2.55. The van der Waals surface area contributed by atoms with Crippen molar-refractivity contribution < 1.29 is 14.9 Å². The van der Waals surface area contributed by atoms with Crippen LogP contribution in [-0.4, -0.2) is 62.9 Å². The first kappa shape index (κ1) is 15.9. The van der Waals surface area contributed by atoms with Gasteiger partial charge in [-0.3, -0.25) is 9.58 Å². The maximum absolute atomic E-state index is 10.3. The zero-order valence-electron chi connectivity index (χ0n) is 13.4. The van der Waals surface area contributed by atoms with E-state index in [1.54, 1.807) is 0 Å². The minimum atomic E-state index is -0.308. The highest BCUT2D eigenvalue weighted by molar-refractivity contribution is 5.15. The van der Waals surface area contributed by atoms with Crippen molar-refractivity contribution in [1.29, 1.82) is 0 Å². The van der Waals surface area contributed by atoms with Gasteiger partial charge in [-0.2, -0.15) is 5.10 Å². The molecular formula is C16H27N3O3. The first-order valence-electron chi connectivity index (χ1n) is 8.31. The van der Waals surface area contributed by atoms with Crippen molar-refractivity contribution in [3.63, 3.8) is 0 Å². The van der Waals surface area contributed by atoms with Gasteiger partial charge in [0.2, 0.25) is 0 Å². The number of nitrogens with zero attached hydrogens (tertiary/aromatic N) is 3. The number of likely N-dealkylation sites (tertiary alicyclic amines) is 1. The topological polar surface area (TPSA) is 70.8 Å². The van der Waals surface area contributed by atoms with E-state index in [2.05, 4.69) is 10.00 Å². The summed E-state index contributed by atoms with van der Waals surface area (Å²) in [6, 6.07) is 0. The van der Waals surface area contributed by atoms with Crippen LogP contribution in [0.5, 0.6) is 0 Å². The van der Waals surface area contributed by atoms with Gasteiger partial charge < -0.3 is 14.9 Å². The molecule has 2 fully saturated rings. The fourth-order valence-corrected chi connectivity index (χ4v) is 3.65. The maximum atomic E-state index is 10.3. The average Bonchev–Trinajstić information content (AvgIpc) is 2.85. The molecule has 3 rings (SSSR count). The highest BCUT2D eigenvalue weighted by atomic mass is 16.5. The Hall–Kier alpha value is -0.950. The Kier molecular flexibility index (Phi) is 4.82. The lowest BCUT2D eigenvalue weighted by atomic mass is 9.82. The van der Waals surface area contributed by atoms with E-state index in [0.29, 0.717) is 6.54 Å². The monoisotopic (exact) mass is 309 g/mol. The van der Waals surface area contributed by atoms with Gasteiger partial charge in [0, 0.05) is 38.0 Å². The van der Waals surface area contributed by atoms with Crippen LogP contribution >= 0.6 is 0 Å². The number of aliphatic hydroxyl groups is 2. The van der Waals surface area contributed by atoms with Gasteiger partial charge in [0.1, 0.15) is 0 Å². The molecule has 22 heavy (non-hydrogen) atoms. The zero-order chi connectivity index (χ0) is 15.6. The number of rotatable bonds is 4. The predicted molar refractivity (Wildman–Crippen MR) is 82.5 cm³/mol. The number of hydrogen-bond donors (Lipinski definition) is 2.